The number of ether oxygens (including phenoxy) is 1. The number of aryl methyl sites for hydroxylation is 2. The molecule has 92 valence electrons. The van der Waals surface area contributed by atoms with E-state index in [2.05, 4.69) is 9.97 Å². The van der Waals surface area contributed by atoms with Crippen LogP contribution in [0.25, 0.3) is 0 Å². The van der Waals surface area contributed by atoms with Crippen molar-refractivity contribution in [2.24, 2.45) is 0 Å². The van der Waals surface area contributed by atoms with E-state index in [4.69, 9.17) is 9.84 Å². The molecule has 0 fully saturated rings. The van der Waals surface area contributed by atoms with E-state index in [0.29, 0.717) is 5.88 Å². The van der Waals surface area contributed by atoms with Gasteiger partial charge in [-0.2, -0.15) is 0 Å². The first kappa shape index (κ1) is 12.0. The average Bonchev–Trinajstić information content (AvgIpc) is 2.28. The summed E-state index contributed by atoms with van der Waals surface area (Å²) in [5.41, 5.74) is 1.78. The number of benzene rings is 1. The fourth-order valence-electron chi connectivity index (χ4n) is 1.49. The first-order valence-corrected chi connectivity index (χ1v) is 5.36. The first-order chi connectivity index (χ1) is 8.56. The van der Waals surface area contributed by atoms with Crippen molar-refractivity contribution in [2.75, 3.05) is 0 Å². The third kappa shape index (κ3) is 2.63. The van der Waals surface area contributed by atoms with Gasteiger partial charge in [0.05, 0.1) is 0 Å². The number of carboxylic acids is 1. The second-order valence-electron chi connectivity index (χ2n) is 3.90. The van der Waals surface area contributed by atoms with Crippen LogP contribution in [0.4, 0.5) is 0 Å². The smallest absolute Gasteiger partial charge is 0.339 e. The van der Waals surface area contributed by atoms with Crippen LogP contribution in [0.5, 0.6) is 11.6 Å². The Morgan fingerprint density at radius 1 is 1.22 bits per heavy atom. The molecule has 2 rings (SSSR count). The van der Waals surface area contributed by atoms with E-state index < -0.39 is 5.97 Å². The van der Waals surface area contributed by atoms with Gasteiger partial charge in [0.15, 0.2) is 0 Å². The highest BCUT2D eigenvalue weighted by molar-refractivity contribution is 5.91. The second kappa shape index (κ2) is 4.83. The number of carboxylic acid groups (broad SMARTS) is 1. The minimum absolute atomic E-state index is 0.108. The molecule has 5 nitrogen and oxygen atoms in total. The molecule has 18 heavy (non-hydrogen) atoms. The summed E-state index contributed by atoms with van der Waals surface area (Å²) in [6, 6.07) is 6.55. The highest BCUT2D eigenvalue weighted by Crippen LogP contribution is 2.25. The molecule has 0 spiro atoms. The highest BCUT2D eigenvalue weighted by atomic mass is 16.5. The van der Waals surface area contributed by atoms with Crippen molar-refractivity contribution in [3.63, 3.8) is 0 Å². The molecule has 0 amide bonds. The number of aromatic carboxylic acids is 1. The molecule has 0 aliphatic carbocycles. The minimum atomic E-state index is -1.03. The maximum absolute atomic E-state index is 11.1. The number of aromatic nitrogens is 2. The van der Waals surface area contributed by atoms with Gasteiger partial charge in [0, 0.05) is 11.8 Å². The van der Waals surface area contributed by atoms with Gasteiger partial charge in [-0.25, -0.2) is 14.8 Å². The van der Waals surface area contributed by atoms with Crippen LogP contribution in [0.3, 0.4) is 0 Å². The van der Waals surface area contributed by atoms with Crippen LogP contribution in [0, 0.1) is 13.8 Å². The number of rotatable bonds is 3. The molecule has 0 saturated carbocycles. The van der Waals surface area contributed by atoms with Crippen LogP contribution in [0.2, 0.25) is 0 Å². The van der Waals surface area contributed by atoms with Crippen LogP contribution in [0.1, 0.15) is 21.6 Å². The van der Waals surface area contributed by atoms with Crippen molar-refractivity contribution >= 4 is 5.97 Å². The minimum Gasteiger partial charge on any atom is -0.478 e. The average molecular weight is 244 g/mol. The van der Waals surface area contributed by atoms with Gasteiger partial charge in [-0.3, -0.25) is 0 Å². The van der Waals surface area contributed by atoms with Gasteiger partial charge in [0.1, 0.15) is 17.6 Å². The van der Waals surface area contributed by atoms with Gasteiger partial charge in [-0.1, -0.05) is 6.07 Å². The van der Waals surface area contributed by atoms with Crippen LogP contribution >= 0.6 is 0 Å². The molecule has 0 atom stereocenters. The summed E-state index contributed by atoms with van der Waals surface area (Å²) in [6.45, 7) is 3.67. The van der Waals surface area contributed by atoms with E-state index in [1.54, 1.807) is 18.2 Å². The Balaban J connectivity index is 2.39. The van der Waals surface area contributed by atoms with Crippen molar-refractivity contribution < 1.29 is 14.6 Å². The summed E-state index contributed by atoms with van der Waals surface area (Å²) in [7, 11) is 0. The van der Waals surface area contributed by atoms with E-state index in [1.165, 1.54) is 12.4 Å². The monoisotopic (exact) mass is 244 g/mol. The first-order valence-electron chi connectivity index (χ1n) is 5.36. The Morgan fingerprint density at radius 2 is 2.00 bits per heavy atom. The van der Waals surface area contributed by atoms with Crippen molar-refractivity contribution in [3.05, 3.63) is 47.4 Å². The Bertz CT molecular complexity index is 597. The van der Waals surface area contributed by atoms with Gasteiger partial charge in [-0.15, -0.1) is 0 Å². The Labute approximate surface area is 104 Å². The van der Waals surface area contributed by atoms with Crippen molar-refractivity contribution in [1.82, 2.24) is 9.97 Å². The van der Waals surface area contributed by atoms with Gasteiger partial charge in [0.2, 0.25) is 5.88 Å². The molecule has 5 heteroatoms. The largest absolute Gasteiger partial charge is 0.478 e. The van der Waals surface area contributed by atoms with Crippen LogP contribution in [-0.2, 0) is 0 Å². The standard InChI is InChI=1S/C13H12N2O3/c1-8-3-4-10(13(16)17)11(5-8)18-12-6-9(2)14-7-15-12/h3-7H,1-2H3,(H,16,17). The zero-order chi connectivity index (χ0) is 13.1. The summed E-state index contributed by atoms with van der Waals surface area (Å²) >= 11 is 0. The lowest BCUT2D eigenvalue weighted by Crippen LogP contribution is -2.01. The number of hydrogen-bond acceptors (Lipinski definition) is 4. The Kier molecular flexibility index (Phi) is 3.23. The molecule has 0 radical (unpaired) electrons. The fraction of sp³-hybridized carbons (Fsp3) is 0.154. The zero-order valence-electron chi connectivity index (χ0n) is 10.0. The predicted molar refractivity (Wildman–Crippen MR) is 65.0 cm³/mol. The van der Waals surface area contributed by atoms with Gasteiger partial charge in [-0.05, 0) is 31.5 Å². The lowest BCUT2D eigenvalue weighted by Gasteiger charge is -2.08. The van der Waals surface area contributed by atoms with Gasteiger partial charge >= 0.3 is 5.97 Å². The van der Waals surface area contributed by atoms with E-state index in [1.807, 2.05) is 13.8 Å². The number of hydrogen-bond donors (Lipinski definition) is 1. The van der Waals surface area contributed by atoms with Crippen molar-refractivity contribution in [2.45, 2.75) is 13.8 Å². The van der Waals surface area contributed by atoms with Crippen LogP contribution in [0.15, 0.2) is 30.6 Å². The summed E-state index contributed by atoms with van der Waals surface area (Å²) < 4.78 is 5.50. The molecule has 1 aromatic carbocycles. The molecule has 1 aromatic heterocycles. The van der Waals surface area contributed by atoms with Crippen molar-refractivity contribution in [1.29, 1.82) is 0 Å². The predicted octanol–water partition coefficient (Wildman–Crippen LogP) is 2.58. The van der Waals surface area contributed by atoms with Crippen LogP contribution in [-0.4, -0.2) is 21.0 Å². The summed E-state index contributed by atoms with van der Waals surface area (Å²) in [5.74, 6) is -0.424. The maximum Gasteiger partial charge on any atom is 0.339 e. The van der Waals surface area contributed by atoms with Crippen LogP contribution < -0.4 is 4.74 Å². The molecule has 1 N–H and O–H groups in total. The molecule has 2 aromatic rings. The third-order valence-corrected chi connectivity index (χ3v) is 2.36. The number of nitrogens with zero attached hydrogens (tertiary/aromatic N) is 2. The number of carbonyl (C=O) groups is 1. The SMILES string of the molecule is Cc1ccc(C(=O)O)c(Oc2cc(C)ncn2)c1. The molecule has 0 unspecified atom stereocenters. The lowest BCUT2D eigenvalue weighted by atomic mass is 10.1. The molecular weight excluding hydrogens is 232 g/mol. The normalized spacial score (nSPS) is 10.1. The molecule has 0 aliphatic rings. The molecule has 1 heterocycles. The Morgan fingerprint density at radius 3 is 2.67 bits per heavy atom. The lowest BCUT2D eigenvalue weighted by molar-refractivity contribution is 0.0694. The summed E-state index contributed by atoms with van der Waals surface area (Å²) in [6.07, 6.45) is 1.38. The second-order valence-corrected chi connectivity index (χ2v) is 3.90. The molecule has 0 bridgehead atoms. The molecular formula is C13H12N2O3. The summed E-state index contributed by atoms with van der Waals surface area (Å²) in [4.78, 5) is 19.0. The Hall–Kier alpha value is -2.43. The van der Waals surface area contributed by atoms with Gasteiger partial charge in [0.25, 0.3) is 0 Å². The molecule has 0 saturated heterocycles. The fourth-order valence-corrected chi connectivity index (χ4v) is 1.49. The van der Waals surface area contributed by atoms with Crippen molar-refractivity contribution in [3.8, 4) is 11.6 Å². The zero-order valence-corrected chi connectivity index (χ0v) is 10.0. The highest BCUT2D eigenvalue weighted by Gasteiger charge is 2.12. The summed E-state index contributed by atoms with van der Waals surface area (Å²) in [5, 5.41) is 9.08. The van der Waals surface area contributed by atoms with E-state index in [0.717, 1.165) is 11.3 Å². The quantitative estimate of drug-likeness (QED) is 0.898. The van der Waals surface area contributed by atoms with E-state index >= 15 is 0 Å². The van der Waals surface area contributed by atoms with Gasteiger partial charge < -0.3 is 9.84 Å². The van der Waals surface area contributed by atoms with E-state index in [-0.39, 0.29) is 11.3 Å². The topological polar surface area (TPSA) is 72.3 Å². The maximum atomic E-state index is 11.1. The third-order valence-electron chi connectivity index (χ3n) is 2.36. The van der Waals surface area contributed by atoms with E-state index in [9.17, 15) is 4.79 Å². The molecule has 0 aliphatic heterocycles.